The number of nitrogen functional groups attached to an aromatic ring is 1. The molecule has 0 saturated heterocycles. The number of hydrogen-bond donors (Lipinski definition) is 4. The molecule has 2 aromatic heterocycles. The van der Waals surface area contributed by atoms with Gasteiger partial charge in [0.25, 0.3) is 0 Å². The van der Waals surface area contributed by atoms with Crippen LogP contribution in [0.1, 0.15) is 30.3 Å². The third kappa shape index (κ3) is 4.91. The Hall–Kier alpha value is -3.75. The zero-order chi connectivity index (χ0) is 19.8. The Kier molecular flexibility index (Phi) is 6.29. The average Bonchev–Trinajstić information content (AvgIpc) is 3.25. The largest absolute Gasteiger partial charge is 0.494 e. The first-order valence-electron chi connectivity index (χ1n) is 8.87. The summed E-state index contributed by atoms with van der Waals surface area (Å²) in [6.07, 6.45) is 4.85. The molecular weight excluding hydrogens is 360 g/mol. The molecule has 0 unspecified atom stereocenters. The van der Waals surface area contributed by atoms with Gasteiger partial charge in [-0.25, -0.2) is 9.97 Å². The van der Waals surface area contributed by atoms with Crippen molar-refractivity contribution in [2.75, 3.05) is 23.1 Å². The fourth-order valence-corrected chi connectivity index (χ4v) is 2.29. The van der Waals surface area contributed by atoms with Crippen molar-refractivity contribution in [1.29, 1.82) is 0 Å². The van der Waals surface area contributed by atoms with Crippen LogP contribution in [-0.4, -0.2) is 22.5 Å². The summed E-state index contributed by atoms with van der Waals surface area (Å²) in [5, 5.41) is 3.12. The summed E-state index contributed by atoms with van der Waals surface area (Å²) < 4.78 is 10.7. The van der Waals surface area contributed by atoms with Crippen LogP contribution in [0.4, 0.5) is 23.0 Å². The van der Waals surface area contributed by atoms with Crippen LogP contribution in [0.15, 0.2) is 53.4 Å². The Labute approximate surface area is 162 Å². The molecule has 0 radical (unpaired) electrons. The van der Waals surface area contributed by atoms with Gasteiger partial charge >= 0.3 is 5.91 Å². The molecule has 0 atom stereocenters. The maximum Gasteiger partial charge on any atom is 0.305 e. The van der Waals surface area contributed by atoms with E-state index in [2.05, 4.69) is 33.1 Å². The van der Waals surface area contributed by atoms with Gasteiger partial charge in [0.2, 0.25) is 0 Å². The Bertz CT molecular complexity index is 897. The van der Waals surface area contributed by atoms with Crippen molar-refractivity contribution in [3.63, 3.8) is 0 Å². The molecule has 3 rings (SSSR count). The lowest BCUT2D eigenvalue weighted by Crippen LogP contribution is -2.30. The third-order valence-corrected chi connectivity index (χ3v) is 3.81. The Balaban J connectivity index is 1.61. The number of hydrogen-bond acceptors (Lipinski definition) is 8. The van der Waals surface area contributed by atoms with E-state index in [4.69, 9.17) is 14.9 Å². The number of benzene rings is 1. The zero-order valence-corrected chi connectivity index (χ0v) is 15.4. The first kappa shape index (κ1) is 19.0. The number of nitrogens with zero attached hydrogens (tertiary/aromatic N) is 2. The molecule has 1 aromatic carbocycles. The molecule has 0 saturated carbocycles. The maximum atomic E-state index is 11.9. The summed E-state index contributed by atoms with van der Waals surface area (Å²) >= 11 is 0. The molecule has 2 heterocycles. The normalized spacial score (nSPS) is 10.3. The number of nitrogens with one attached hydrogen (secondary N) is 3. The number of anilines is 4. The van der Waals surface area contributed by atoms with Crippen molar-refractivity contribution in [1.82, 2.24) is 15.4 Å². The first-order chi connectivity index (χ1) is 13.7. The molecule has 0 aliphatic rings. The lowest BCUT2D eigenvalue weighted by molar-refractivity contribution is 0.0935. The van der Waals surface area contributed by atoms with Gasteiger partial charge in [0, 0.05) is 5.69 Å². The second-order valence-electron chi connectivity index (χ2n) is 5.89. The van der Waals surface area contributed by atoms with Gasteiger partial charge in [-0.3, -0.25) is 15.6 Å². The van der Waals surface area contributed by atoms with Gasteiger partial charge in [0.05, 0.1) is 12.9 Å². The smallest absolute Gasteiger partial charge is 0.305 e. The number of furan rings is 1. The fraction of sp³-hybridized carbons (Fsp3) is 0.211. The second-order valence-corrected chi connectivity index (χ2v) is 5.89. The van der Waals surface area contributed by atoms with Gasteiger partial charge in [-0.2, -0.15) is 0 Å². The lowest BCUT2D eigenvalue weighted by Gasteiger charge is -2.13. The van der Waals surface area contributed by atoms with Crippen molar-refractivity contribution >= 4 is 28.9 Å². The number of ether oxygens (including phenoxy) is 1. The van der Waals surface area contributed by atoms with E-state index >= 15 is 0 Å². The van der Waals surface area contributed by atoms with Crippen LogP contribution in [0.5, 0.6) is 5.75 Å². The van der Waals surface area contributed by atoms with E-state index < -0.39 is 5.91 Å². The van der Waals surface area contributed by atoms with Crippen LogP contribution in [0.25, 0.3) is 0 Å². The van der Waals surface area contributed by atoms with Crippen LogP contribution < -0.4 is 26.6 Å². The van der Waals surface area contributed by atoms with Crippen molar-refractivity contribution in [3.05, 3.63) is 54.7 Å². The van der Waals surface area contributed by atoms with Gasteiger partial charge in [-0.1, -0.05) is 13.3 Å². The highest BCUT2D eigenvalue weighted by Gasteiger charge is 2.12. The van der Waals surface area contributed by atoms with Crippen molar-refractivity contribution in [2.24, 2.45) is 0 Å². The molecule has 0 aliphatic carbocycles. The number of carbonyl (C=O) groups is 1. The van der Waals surface area contributed by atoms with Crippen LogP contribution in [-0.2, 0) is 0 Å². The molecule has 5 N–H and O–H groups in total. The van der Waals surface area contributed by atoms with Crippen molar-refractivity contribution in [3.8, 4) is 5.75 Å². The quantitative estimate of drug-likeness (QED) is 0.328. The van der Waals surface area contributed by atoms with E-state index in [0.29, 0.717) is 12.4 Å². The fourth-order valence-electron chi connectivity index (χ4n) is 2.29. The van der Waals surface area contributed by atoms with E-state index in [1.807, 2.05) is 24.3 Å². The number of unbranched alkanes of at least 4 members (excludes halogenated alkanes) is 1. The number of hydrazine groups is 1. The summed E-state index contributed by atoms with van der Waals surface area (Å²) in [6.45, 7) is 2.81. The molecule has 1 amide bonds. The number of carbonyl (C=O) groups excluding carboxylic acids is 1. The Morgan fingerprint density at radius 1 is 1.18 bits per heavy atom. The highest BCUT2D eigenvalue weighted by Crippen LogP contribution is 2.26. The topological polar surface area (TPSA) is 127 Å². The predicted molar refractivity (Wildman–Crippen MR) is 106 cm³/mol. The van der Waals surface area contributed by atoms with E-state index in [1.54, 1.807) is 12.1 Å². The third-order valence-electron chi connectivity index (χ3n) is 3.81. The van der Waals surface area contributed by atoms with Crippen LogP contribution in [0.3, 0.4) is 0 Å². The SMILES string of the molecule is CCCCOc1ccc(Nc2ncnc(NNC(=O)c3ccco3)c2N)cc1. The molecule has 28 heavy (non-hydrogen) atoms. The van der Waals surface area contributed by atoms with Crippen molar-refractivity contribution in [2.45, 2.75) is 19.8 Å². The lowest BCUT2D eigenvalue weighted by atomic mass is 10.3. The molecule has 3 aromatic rings. The number of amides is 1. The highest BCUT2D eigenvalue weighted by molar-refractivity contribution is 5.92. The second kappa shape index (κ2) is 9.26. The summed E-state index contributed by atoms with van der Waals surface area (Å²) in [7, 11) is 0. The summed E-state index contributed by atoms with van der Waals surface area (Å²) in [5.74, 6) is 1.19. The maximum absolute atomic E-state index is 11.9. The summed E-state index contributed by atoms with van der Waals surface area (Å²) in [5.41, 5.74) is 12.3. The minimum Gasteiger partial charge on any atom is -0.494 e. The number of nitrogens with two attached hydrogens (primary N) is 1. The van der Waals surface area contributed by atoms with Gasteiger partial charge in [-0.15, -0.1) is 0 Å². The van der Waals surface area contributed by atoms with E-state index in [9.17, 15) is 4.79 Å². The zero-order valence-electron chi connectivity index (χ0n) is 15.4. The van der Waals surface area contributed by atoms with E-state index in [-0.39, 0.29) is 17.3 Å². The van der Waals surface area contributed by atoms with Crippen LogP contribution in [0.2, 0.25) is 0 Å². The van der Waals surface area contributed by atoms with Gasteiger partial charge < -0.3 is 20.2 Å². The molecular formula is C19H22N6O3. The van der Waals surface area contributed by atoms with E-state index in [0.717, 1.165) is 24.3 Å². The van der Waals surface area contributed by atoms with Crippen molar-refractivity contribution < 1.29 is 13.9 Å². The molecule has 0 spiro atoms. The van der Waals surface area contributed by atoms with Gasteiger partial charge in [0.1, 0.15) is 17.8 Å². The van der Waals surface area contributed by atoms with E-state index in [1.165, 1.54) is 12.6 Å². The molecule has 0 bridgehead atoms. The molecule has 0 fully saturated rings. The summed E-state index contributed by atoms with van der Waals surface area (Å²) in [6, 6.07) is 10.7. The monoisotopic (exact) mass is 382 g/mol. The van der Waals surface area contributed by atoms with Gasteiger partial charge in [0.15, 0.2) is 17.4 Å². The minimum absolute atomic E-state index is 0.166. The van der Waals surface area contributed by atoms with Crippen LogP contribution >= 0.6 is 0 Å². The molecule has 9 nitrogen and oxygen atoms in total. The number of rotatable bonds is 9. The average molecular weight is 382 g/mol. The molecule has 0 aliphatic heterocycles. The standard InChI is InChI=1S/C19H22N6O3/c1-2-3-10-27-14-8-6-13(7-9-14)23-17-16(20)18(22-12-21-17)24-25-19(26)15-5-4-11-28-15/h4-9,11-12H,2-3,10,20H2,1H3,(H,25,26)(H2,21,22,23,24). The first-order valence-corrected chi connectivity index (χ1v) is 8.87. The molecule has 9 heteroatoms. The predicted octanol–water partition coefficient (Wildman–Crippen LogP) is 3.33. The molecule has 146 valence electrons. The highest BCUT2D eigenvalue weighted by atomic mass is 16.5. The summed E-state index contributed by atoms with van der Waals surface area (Å²) in [4.78, 5) is 20.1. The Morgan fingerprint density at radius 3 is 2.68 bits per heavy atom. The number of aromatic nitrogens is 2. The van der Waals surface area contributed by atoms with Gasteiger partial charge in [-0.05, 0) is 42.8 Å². The Morgan fingerprint density at radius 2 is 1.96 bits per heavy atom. The van der Waals surface area contributed by atoms with Crippen LogP contribution in [0, 0.1) is 0 Å². The minimum atomic E-state index is -0.448.